The summed E-state index contributed by atoms with van der Waals surface area (Å²) in [6.45, 7) is 8.01. The monoisotopic (exact) mass is 338 g/mol. The molecule has 1 aromatic rings. The zero-order valence-corrected chi connectivity index (χ0v) is 14.6. The second-order valence-electron chi connectivity index (χ2n) is 7.44. The zero-order valence-electron chi connectivity index (χ0n) is 13.9. The third kappa shape index (κ3) is 2.83. The quantitative estimate of drug-likeness (QED) is 0.872. The predicted octanol–water partition coefficient (Wildman–Crippen LogP) is 4.31. The van der Waals surface area contributed by atoms with Crippen LogP contribution in [-0.4, -0.2) is 22.8 Å². The summed E-state index contributed by atoms with van der Waals surface area (Å²) in [6.07, 6.45) is 0.0480. The van der Waals surface area contributed by atoms with E-state index in [0.717, 1.165) is 11.3 Å². The molecule has 4 nitrogen and oxygen atoms in total. The first-order valence-corrected chi connectivity index (χ1v) is 8.45. The van der Waals surface area contributed by atoms with Crippen LogP contribution in [0.4, 0.5) is 0 Å². The molecule has 5 heteroatoms. The van der Waals surface area contributed by atoms with E-state index in [4.69, 9.17) is 21.1 Å². The molecule has 0 unspecified atom stereocenters. The normalized spacial score (nSPS) is 31.9. The standard InChI is InChI=1S/C18H23ClO4/c1-9(2)15-12(17(20)21)8-13-16(22-15)11-7-10(19)5-6-14(11)23-18(13,3)4/h5-7,9,12-13,15-16H,8H2,1-4H3,(H,20,21)/t12-,13+,15+,16-/m0/s1. The van der Waals surface area contributed by atoms with E-state index in [9.17, 15) is 9.90 Å². The fourth-order valence-electron chi connectivity index (χ4n) is 3.89. The van der Waals surface area contributed by atoms with E-state index >= 15 is 0 Å². The van der Waals surface area contributed by atoms with Crippen LogP contribution in [0.2, 0.25) is 5.02 Å². The first-order chi connectivity index (χ1) is 10.7. The van der Waals surface area contributed by atoms with E-state index in [-0.39, 0.29) is 24.0 Å². The van der Waals surface area contributed by atoms with Crippen molar-refractivity contribution < 1.29 is 19.4 Å². The molecule has 0 spiro atoms. The highest BCUT2D eigenvalue weighted by Gasteiger charge is 2.52. The van der Waals surface area contributed by atoms with Crippen molar-refractivity contribution in [3.05, 3.63) is 28.8 Å². The Labute approximate surface area is 141 Å². The number of ether oxygens (including phenoxy) is 2. The molecule has 3 rings (SSSR count). The highest BCUT2D eigenvalue weighted by atomic mass is 35.5. The Bertz CT molecular complexity index is 625. The molecule has 2 aliphatic heterocycles. The Hall–Kier alpha value is -1.26. The molecule has 4 atom stereocenters. The van der Waals surface area contributed by atoms with Crippen LogP contribution in [0.5, 0.6) is 5.75 Å². The van der Waals surface area contributed by atoms with Crippen LogP contribution in [0.1, 0.15) is 45.8 Å². The lowest BCUT2D eigenvalue weighted by atomic mass is 9.70. The fraction of sp³-hybridized carbons (Fsp3) is 0.611. The number of hydrogen-bond acceptors (Lipinski definition) is 3. The van der Waals surface area contributed by atoms with Gasteiger partial charge in [-0.1, -0.05) is 25.4 Å². The van der Waals surface area contributed by atoms with Gasteiger partial charge in [0, 0.05) is 16.5 Å². The van der Waals surface area contributed by atoms with Crippen molar-refractivity contribution in [3.8, 4) is 5.75 Å². The summed E-state index contributed by atoms with van der Waals surface area (Å²) in [5.41, 5.74) is 0.442. The first-order valence-electron chi connectivity index (χ1n) is 8.07. The molecule has 1 aromatic carbocycles. The van der Waals surface area contributed by atoms with E-state index in [0.29, 0.717) is 11.4 Å². The van der Waals surface area contributed by atoms with Gasteiger partial charge in [0.25, 0.3) is 0 Å². The molecule has 0 aromatic heterocycles. The topological polar surface area (TPSA) is 55.8 Å². The van der Waals surface area contributed by atoms with Gasteiger partial charge < -0.3 is 14.6 Å². The number of carboxylic acids is 1. The zero-order chi connectivity index (χ0) is 16.9. The lowest BCUT2D eigenvalue weighted by molar-refractivity contribution is -0.195. The summed E-state index contributed by atoms with van der Waals surface area (Å²) >= 11 is 6.15. The Morgan fingerprint density at radius 3 is 2.70 bits per heavy atom. The summed E-state index contributed by atoms with van der Waals surface area (Å²) in [5.74, 6) is -0.429. The number of carbonyl (C=O) groups is 1. The average molecular weight is 339 g/mol. The minimum absolute atomic E-state index is 0.0235. The first kappa shape index (κ1) is 16.6. The molecule has 2 aliphatic rings. The number of rotatable bonds is 2. The van der Waals surface area contributed by atoms with E-state index in [1.807, 2.05) is 39.8 Å². The molecule has 0 saturated carbocycles. The number of fused-ring (bicyclic) bond motifs is 3. The number of aliphatic carboxylic acids is 1. The van der Waals surface area contributed by atoms with Crippen LogP contribution in [0, 0.1) is 17.8 Å². The maximum absolute atomic E-state index is 11.7. The summed E-state index contributed by atoms with van der Waals surface area (Å²) in [7, 11) is 0. The van der Waals surface area contributed by atoms with Crippen molar-refractivity contribution in [1.29, 1.82) is 0 Å². The van der Waals surface area contributed by atoms with Crippen LogP contribution in [0.25, 0.3) is 0 Å². The van der Waals surface area contributed by atoms with Gasteiger partial charge in [-0.15, -0.1) is 0 Å². The molecule has 0 radical (unpaired) electrons. The average Bonchev–Trinajstić information content (AvgIpc) is 2.46. The summed E-state index contributed by atoms with van der Waals surface area (Å²) < 4.78 is 12.5. The van der Waals surface area contributed by atoms with Crippen LogP contribution in [0.3, 0.4) is 0 Å². The van der Waals surface area contributed by atoms with Gasteiger partial charge in [0.1, 0.15) is 11.4 Å². The Morgan fingerprint density at radius 2 is 2.09 bits per heavy atom. The van der Waals surface area contributed by atoms with Crippen LogP contribution >= 0.6 is 11.6 Å². The van der Waals surface area contributed by atoms with E-state index in [2.05, 4.69) is 0 Å². The van der Waals surface area contributed by atoms with Crippen molar-refractivity contribution >= 4 is 17.6 Å². The largest absolute Gasteiger partial charge is 0.487 e. The van der Waals surface area contributed by atoms with Gasteiger partial charge >= 0.3 is 5.97 Å². The molecule has 0 aliphatic carbocycles. The molecule has 1 fully saturated rings. The van der Waals surface area contributed by atoms with E-state index in [1.54, 1.807) is 6.07 Å². The van der Waals surface area contributed by atoms with Gasteiger partial charge in [0.15, 0.2) is 0 Å². The summed E-state index contributed by atoms with van der Waals surface area (Å²) in [6, 6.07) is 5.55. The minimum Gasteiger partial charge on any atom is -0.487 e. The third-order valence-corrected chi connectivity index (χ3v) is 5.33. The van der Waals surface area contributed by atoms with Crippen molar-refractivity contribution in [3.63, 3.8) is 0 Å². The minimum atomic E-state index is -0.796. The van der Waals surface area contributed by atoms with Crippen molar-refractivity contribution in [2.24, 2.45) is 17.8 Å². The smallest absolute Gasteiger partial charge is 0.309 e. The lowest BCUT2D eigenvalue weighted by Gasteiger charge is -2.51. The number of halogens is 1. The predicted molar refractivity (Wildman–Crippen MR) is 87.8 cm³/mol. The molecular weight excluding hydrogens is 316 g/mol. The van der Waals surface area contributed by atoms with Crippen LogP contribution < -0.4 is 4.74 Å². The van der Waals surface area contributed by atoms with Gasteiger partial charge in [0.05, 0.1) is 18.1 Å². The molecule has 23 heavy (non-hydrogen) atoms. The van der Waals surface area contributed by atoms with Gasteiger partial charge in [-0.2, -0.15) is 0 Å². The molecule has 1 N–H and O–H groups in total. The molecule has 2 heterocycles. The summed E-state index contributed by atoms with van der Waals surface area (Å²) in [5, 5.41) is 10.3. The molecule has 0 bridgehead atoms. The number of hydrogen-bond donors (Lipinski definition) is 1. The van der Waals surface area contributed by atoms with Gasteiger partial charge in [-0.25, -0.2) is 0 Å². The Balaban J connectivity index is 2.05. The Kier molecular flexibility index (Phi) is 4.09. The molecule has 1 saturated heterocycles. The third-order valence-electron chi connectivity index (χ3n) is 5.09. The second-order valence-corrected chi connectivity index (χ2v) is 7.88. The maximum Gasteiger partial charge on any atom is 0.309 e. The van der Waals surface area contributed by atoms with Crippen LogP contribution in [-0.2, 0) is 9.53 Å². The molecule has 0 amide bonds. The SMILES string of the molecule is CC(C)[C@H]1O[C@H]2c3cc(Cl)ccc3OC(C)(C)[C@@H]2C[C@@H]1C(=O)O. The Morgan fingerprint density at radius 1 is 1.39 bits per heavy atom. The van der Waals surface area contributed by atoms with Crippen molar-refractivity contribution in [1.82, 2.24) is 0 Å². The molecular formula is C18H23ClO4. The van der Waals surface area contributed by atoms with Gasteiger partial charge in [0.2, 0.25) is 0 Å². The van der Waals surface area contributed by atoms with Crippen LogP contribution in [0.15, 0.2) is 18.2 Å². The number of benzene rings is 1. The van der Waals surface area contributed by atoms with E-state index < -0.39 is 17.5 Å². The maximum atomic E-state index is 11.7. The highest BCUT2D eigenvalue weighted by Crippen LogP contribution is 2.53. The number of carboxylic acid groups (broad SMARTS) is 1. The fourth-order valence-corrected chi connectivity index (χ4v) is 4.07. The molecule has 126 valence electrons. The second kappa shape index (κ2) is 5.67. The summed E-state index contributed by atoms with van der Waals surface area (Å²) in [4.78, 5) is 11.7. The van der Waals surface area contributed by atoms with Crippen molar-refractivity contribution in [2.45, 2.75) is 51.9 Å². The van der Waals surface area contributed by atoms with E-state index in [1.165, 1.54) is 0 Å². The van der Waals surface area contributed by atoms with Gasteiger partial charge in [-0.05, 0) is 44.4 Å². The van der Waals surface area contributed by atoms with Crippen molar-refractivity contribution in [2.75, 3.05) is 0 Å². The van der Waals surface area contributed by atoms with Gasteiger partial charge in [-0.3, -0.25) is 4.79 Å². The highest BCUT2D eigenvalue weighted by molar-refractivity contribution is 6.30. The lowest BCUT2D eigenvalue weighted by Crippen LogP contribution is -2.53.